The quantitative estimate of drug-likeness (QED) is 0.587. The SMILES string of the molecule is Cl.NCCCN(Cc1ccccc1)C(=O)CCc1nc(-c2cccs2)no1. The summed E-state index contributed by atoms with van der Waals surface area (Å²) in [5.41, 5.74) is 6.72. The van der Waals surface area contributed by atoms with Crippen LogP contribution >= 0.6 is 23.7 Å². The topological polar surface area (TPSA) is 85.2 Å². The second kappa shape index (κ2) is 10.8. The summed E-state index contributed by atoms with van der Waals surface area (Å²) < 4.78 is 5.27. The first-order valence-electron chi connectivity index (χ1n) is 8.64. The van der Waals surface area contributed by atoms with Crippen LogP contribution in [0.2, 0.25) is 0 Å². The number of amides is 1. The second-order valence-corrected chi connectivity index (χ2v) is 6.88. The first-order chi connectivity index (χ1) is 12.8. The molecule has 0 aliphatic heterocycles. The number of aromatic nitrogens is 2. The number of rotatable bonds is 9. The molecule has 0 unspecified atom stereocenters. The number of aryl methyl sites for hydroxylation is 1. The maximum absolute atomic E-state index is 12.7. The summed E-state index contributed by atoms with van der Waals surface area (Å²) in [6, 6.07) is 13.9. The van der Waals surface area contributed by atoms with E-state index in [2.05, 4.69) is 10.1 Å². The number of carbonyl (C=O) groups excluding carboxylic acids is 1. The van der Waals surface area contributed by atoms with E-state index in [-0.39, 0.29) is 18.3 Å². The summed E-state index contributed by atoms with van der Waals surface area (Å²) in [6.45, 7) is 1.80. The molecule has 1 amide bonds. The van der Waals surface area contributed by atoms with Gasteiger partial charge >= 0.3 is 0 Å². The van der Waals surface area contributed by atoms with E-state index in [1.807, 2.05) is 52.7 Å². The van der Waals surface area contributed by atoms with Crippen molar-refractivity contribution in [2.24, 2.45) is 5.73 Å². The van der Waals surface area contributed by atoms with E-state index in [1.54, 1.807) is 11.3 Å². The van der Waals surface area contributed by atoms with Gasteiger partial charge in [-0.05, 0) is 30.0 Å². The van der Waals surface area contributed by atoms with E-state index in [0.717, 1.165) is 16.9 Å². The largest absolute Gasteiger partial charge is 0.339 e. The molecular weight excluding hydrogens is 384 g/mol. The van der Waals surface area contributed by atoms with Crippen molar-refractivity contribution < 1.29 is 9.32 Å². The lowest BCUT2D eigenvalue weighted by Crippen LogP contribution is -2.32. The third-order valence-corrected chi connectivity index (χ3v) is 4.83. The van der Waals surface area contributed by atoms with Gasteiger partial charge in [-0.2, -0.15) is 4.98 Å². The first kappa shape index (κ1) is 21.1. The Bertz CT molecular complexity index is 808. The Morgan fingerprint density at radius 1 is 1.19 bits per heavy atom. The van der Waals surface area contributed by atoms with Crippen molar-refractivity contribution in [3.63, 3.8) is 0 Å². The molecule has 0 spiro atoms. The van der Waals surface area contributed by atoms with Crippen LogP contribution in [0.15, 0.2) is 52.4 Å². The molecule has 0 saturated heterocycles. The molecule has 144 valence electrons. The Balaban J connectivity index is 0.00000261. The van der Waals surface area contributed by atoms with E-state index in [9.17, 15) is 4.79 Å². The molecular formula is C19H23ClN4O2S. The molecule has 27 heavy (non-hydrogen) atoms. The Hall–Kier alpha value is -2.22. The van der Waals surface area contributed by atoms with Crippen LogP contribution in [0.4, 0.5) is 0 Å². The maximum Gasteiger partial charge on any atom is 0.227 e. The van der Waals surface area contributed by atoms with E-state index in [1.165, 1.54) is 0 Å². The molecule has 1 aromatic carbocycles. The lowest BCUT2D eigenvalue weighted by Gasteiger charge is -2.22. The molecule has 0 saturated carbocycles. The van der Waals surface area contributed by atoms with Crippen molar-refractivity contribution in [3.8, 4) is 10.7 Å². The van der Waals surface area contributed by atoms with Gasteiger partial charge in [0.25, 0.3) is 0 Å². The minimum absolute atomic E-state index is 0. The molecule has 0 bridgehead atoms. The Morgan fingerprint density at radius 2 is 2.00 bits per heavy atom. The molecule has 2 N–H and O–H groups in total. The number of nitrogens with zero attached hydrogens (tertiary/aromatic N) is 3. The molecule has 0 aliphatic rings. The van der Waals surface area contributed by atoms with Crippen LogP contribution in [0.5, 0.6) is 0 Å². The molecule has 3 rings (SSSR count). The van der Waals surface area contributed by atoms with E-state index in [4.69, 9.17) is 10.3 Å². The molecule has 2 heterocycles. The van der Waals surface area contributed by atoms with Crippen LogP contribution in [0.25, 0.3) is 10.7 Å². The fourth-order valence-electron chi connectivity index (χ4n) is 2.61. The molecule has 0 fully saturated rings. The van der Waals surface area contributed by atoms with E-state index >= 15 is 0 Å². The number of hydrogen-bond donors (Lipinski definition) is 1. The zero-order valence-electron chi connectivity index (χ0n) is 14.9. The molecule has 8 heteroatoms. The standard InChI is InChI=1S/C19H22N4O2S.ClH/c20-11-5-12-23(14-15-6-2-1-3-7-15)18(24)10-9-17-21-19(22-25-17)16-8-4-13-26-16;/h1-4,6-8,13H,5,9-12,14,20H2;1H. The summed E-state index contributed by atoms with van der Waals surface area (Å²) in [5.74, 6) is 1.13. The first-order valence-corrected chi connectivity index (χ1v) is 9.52. The highest BCUT2D eigenvalue weighted by Crippen LogP contribution is 2.21. The van der Waals surface area contributed by atoms with E-state index in [0.29, 0.717) is 44.2 Å². The highest BCUT2D eigenvalue weighted by atomic mass is 35.5. The van der Waals surface area contributed by atoms with Crippen LogP contribution in [-0.4, -0.2) is 34.0 Å². The number of nitrogens with two attached hydrogens (primary N) is 1. The van der Waals surface area contributed by atoms with Gasteiger partial charge in [-0.25, -0.2) is 0 Å². The maximum atomic E-state index is 12.7. The summed E-state index contributed by atoms with van der Waals surface area (Å²) >= 11 is 1.56. The van der Waals surface area contributed by atoms with Crippen molar-refractivity contribution in [2.45, 2.75) is 25.8 Å². The lowest BCUT2D eigenvalue weighted by atomic mass is 10.2. The Kier molecular flexibility index (Phi) is 8.44. The zero-order valence-corrected chi connectivity index (χ0v) is 16.5. The minimum atomic E-state index is 0. The summed E-state index contributed by atoms with van der Waals surface area (Å²) in [5, 5.41) is 5.95. The van der Waals surface area contributed by atoms with Gasteiger partial charge in [-0.1, -0.05) is 41.6 Å². The van der Waals surface area contributed by atoms with Crippen molar-refractivity contribution >= 4 is 29.7 Å². The second-order valence-electron chi connectivity index (χ2n) is 5.93. The summed E-state index contributed by atoms with van der Waals surface area (Å²) in [7, 11) is 0. The van der Waals surface area contributed by atoms with Gasteiger partial charge in [0.1, 0.15) is 0 Å². The van der Waals surface area contributed by atoms with Gasteiger partial charge in [0, 0.05) is 25.9 Å². The molecule has 2 aromatic heterocycles. The van der Waals surface area contributed by atoms with Crippen LogP contribution in [0.1, 0.15) is 24.3 Å². The lowest BCUT2D eigenvalue weighted by molar-refractivity contribution is -0.131. The van der Waals surface area contributed by atoms with Crippen LogP contribution in [0.3, 0.4) is 0 Å². The zero-order chi connectivity index (χ0) is 18.2. The molecule has 0 radical (unpaired) electrons. The van der Waals surface area contributed by atoms with Gasteiger partial charge in [0.15, 0.2) is 0 Å². The van der Waals surface area contributed by atoms with Gasteiger partial charge in [0.05, 0.1) is 4.88 Å². The third-order valence-electron chi connectivity index (χ3n) is 3.96. The average molecular weight is 407 g/mol. The monoisotopic (exact) mass is 406 g/mol. The number of halogens is 1. The molecule has 3 aromatic rings. The average Bonchev–Trinajstić information content (AvgIpc) is 3.35. The highest BCUT2D eigenvalue weighted by molar-refractivity contribution is 7.13. The number of carbonyl (C=O) groups is 1. The van der Waals surface area contributed by atoms with Crippen molar-refractivity contribution in [3.05, 3.63) is 59.3 Å². The van der Waals surface area contributed by atoms with Crippen LogP contribution in [0, 0.1) is 0 Å². The van der Waals surface area contributed by atoms with Crippen LogP contribution in [-0.2, 0) is 17.8 Å². The van der Waals surface area contributed by atoms with Crippen molar-refractivity contribution in [1.29, 1.82) is 0 Å². The number of benzene rings is 1. The van der Waals surface area contributed by atoms with Gasteiger partial charge in [-0.3, -0.25) is 4.79 Å². The Labute approximate surface area is 168 Å². The van der Waals surface area contributed by atoms with E-state index < -0.39 is 0 Å². The third kappa shape index (κ3) is 6.16. The predicted molar refractivity (Wildman–Crippen MR) is 109 cm³/mol. The highest BCUT2D eigenvalue weighted by Gasteiger charge is 2.16. The van der Waals surface area contributed by atoms with Gasteiger partial charge in [0.2, 0.25) is 17.6 Å². The fraction of sp³-hybridized carbons (Fsp3) is 0.316. The summed E-state index contributed by atoms with van der Waals surface area (Å²) in [6.07, 6.45) is 1.55. The number of hydrogen-bond acceptors (Lipinski definition) is 6. The minimum Gasteiger partial charge on any atom is -0.339 e. The predicted octanol–water partition coefficient (Wildman–Crippen LogP) is 3.53. The molecule has 6 nitrogen and oxygen atoms in total. The molecule has 0 atom stereocenters. The summed E-state index contributed by atoms with van der Waals surface area (Å²) in [4.78, 5) is 19.8. The van der Waals surface area contributed by atoms with Gasteiger partial charge < -0.3 is 15.2 Å². The van der Waals surface area contributed by atoms with Crippen LogP contribution < -0.4 is 5.73 Å². The normalized spacial score (nSPS) is 10.4. The van der Waals surface area contributed by atoms with Crippen molar-refractivity contribution in [1.82, 2.24) is 15.0 Å². The van der Waals surface area contributed by atoms with Crippen molar-refractivity contribution in [2.75, 3.05) is 13.1 Å². The smallest absolute Gasteiger partial charge is 0.227 e. The Morgan fingerprint density at radius 3 is 2.70 bits per heavy atom. The number of thiophene rings is 1. The van der Waals surface area contributed by atoms with Gasteiger partial charge in [-0.15, -0.1) is 23.7 Å². The molecule has 0 aliphatic carbocycles. The fourth-order valence-corrected chi connectivity index (χ4v) is 3.26.